The number of carbonyl (C=O) groups excluding carboxylic acids is 3. The summed E-state index contributed by atoms with van der Waals surface area (Å²) in [5, 5.41) is 2.30. The Morgan fingerprint density at radius 2 is 1.86 bits per heavy atom. The van der Waals surface area contributed by atoms with Crippen molar-refractivity contribution >= 4 is 46.1 Å². The number of nitrogens with zero attached hydrogens (tertiary/aromatic N) is 6. The van der Waals surface area contributed by atoms with Crippen LogP contribution in [0.3, 0.4) is 0 Å². The highest BCUT2D eigenvalue weighted by molar-refractivity contribution is 7.11. The number of nitrogen functional groups attached to an aromatic ring is 1. The van der Waals surface area contributed by atoms with Crippen LogP contribution in [0.1, 0.15) is 32.6 Å². The van der Waals surface area contributed by atoms with Crippen LogP contribution in [0.4, 0.5) is 17.2 Å². The fourth-order valence-corrected chi connectivity index (χ4v) is 4.86. The summed E-state index contributed by atoms with van der Waals surface area (Å²) in [4.78, 5) is 48.4. The monoisotopic (exact) mass is 517 g/mol. The number of nitrogens with two attached hydrogens (primary N) is 3. The number of para-hydroxylation sites is 1. The van der Waals surface area contributed by atoms with Crippen molar-refractivity contribution in [1.82, 2.24) is 19.5 Å². The molecular weight excluding hydrogens is 494 g/mol. The molecular formula is C24H23N9O3S. The molecule has 0 fully saturated rings. The van der Waals surface area contributed by atoms with E-state index in [0.29, 0.717) is 38.8 Å². The maximum atomic E-state index is 13.5. The maximum absolute atomic E-state index is 13.5. The second kappa shape index (κ2) is 9.46. The van der Waals surface area contributed by atoms with E-state index in [0.717, 1.165) is 5.01 Å². The molecule has 0 saturated carbocycles. The number of carbonyl (C=O) groups is 3. The highest BCUT2D eigenvalue weighted by Gasteiger charge is 2.37. The summed E-state index contributed by atoms with van der Waals surface area (Å²) < 4.78 is 1.35. The number of benzene rings is 1. The zero-order valence-corrected chi connectivity index (χ0v) is 20.6. The summed E-state index contributed by atoms with van der Waals surface area (Å²) >= 11 is 1.19. The number of hydrazine groups is 2. The van der Waals surface area contributed by atoms with Gasteiger partial charge >= 0.3 is 0 Å². The van der Waals surface area contributed by atoms with Crippen LogP contribution in [-0.4, -0.2) is 43.7 Å². The summed E-state index contributed by atoms with van der Waals surface area (Å²) in [5.74, 6) is 18.2. The molecule has 1 aromatic carbocycles. The fraction of sp³-hybridized carbons (Fsp3) is 0.125. The van der Waals surface area contributed by atoms with Gasteiger partial charge < -0.3 is 10.7 Å². The summed E-state index contributed by atoms with van der Waals surface area (Å²) in [6, 6.07) is 12.3. The highest BCUT2D eigenvalue weighted by Crippen LogP contribution is 2.42. The van der Waals surface area contributed by atoms with E-state index in [-0.39, 0.29) is 30.6 Å². The average Bonchev–Trinajstić information content (AvgIpc) is 3.55. The molecule has 6 N–H and O–H groups in total. The molecule has 0 unspecified atom stereocenters. The van der Waals surface area contributed by atoms with Gasteiger partial charge in [0.25, 0.3) is 5.91 Å². The number of hydrogen-bond donors (Lipinski definition) is 3. The largest absolute Gasteiger partial charge is 0.339 e. The van der Waals surface area contributed by atoms with Crippen molar-refractivity contribution < 1.29 is 14.4 Å². The lowest BCUT2D eigenvalue weighted by molar-refractivity contribution is -0.116. The van der Waals surface area contributed by atoms with Crippen molar-refractivity contribution in [2.45, 2.75) is 13.5 Å². The van der Waals surface area contributed by atoms with Gasteiger partial charge in [0, 0.05) is 18.7 Å². The Kier molecular flexibility index (Phi) is 6.17. The molecule has 0 radical (unpaired) electrons. The molecule has 3 aromatic heterocycles. The molecule has 5 rings (SSSR count). The lowest BCUT2D eigenvalue weighted by Gasteiger charge is -2.27. The maximum Gasteiger partial charge on any atom is 0.266 e. The predicted octanol–water partition coefficient (Wildman–Crippen LogP) is 1.80. The number of amides is 2. The molecule has 12 nitrogen and oxygen atoms in total. The molecule has 4 aromatic rings. The molecule has 0 bridgehead atoms. The van der Waals surface area contributed by atoms with E-state index in [4.69, 9.17) is 17.5 Å². The van der Waals surface area contributed by atoms with Crippen molar-refractivity contribution in [3.63, 3.8) is 0 Å². The summed E-state index contributed by atoms with van der Waals surface area (Å²) in [6.45, 7) is 1.25. The van der Waals surface area contributed by atoms with Gasteiger partial charge in [0.2, 0.25) is 5.91 Å². The Hall–Kier alpha value is -4.59. The average molecular weight is 518 g/mol. The van der Waals surface area contributed by atoms with E-state index < -0.39 is 5.91 Å². The third kappa shape index (κ3) is 4.20. The first-order chi connectivity index (χ1) is 17.8. The Labute approximate surface area is 215 Å². The SMILES string of the molecule is CC(=O)N(N)c1cc(-c2c(N(N)c3ccccc3)c3c(n2N)CN(C(=O)c2cncs2)CC3=O)ccn1. The minimum atomic E-state index is -0.413. The molecule has 0 atom stereocenters. The number of hydrogen-bond acceptors (Lipinski definition) is 10. The van der Waals surface area contributed by atoms with E-state index in [2.05, 4.69) is 9.97 Å². The Balaban J connectivity index is 1.69. The summed E-state index contributed by atoms with van der Waals surface area (Å²) in [7, 11) is 0. The number of pyridine rings is 1. The van der Waals surface area contributed by atoms with Gasteiger partial charge in [-0.25, -0.2) is 21.7 Å². The summed E-state index contributed by atoms with van der Waals surface area (Å²) in [5.41, 5.74) is 4.19. The van der Waals surface area contributed by atoms with Gasteiger partial charge in [-0.3, -0.25) is 29.1 Å². The lowest BCUT2D eigenvalue weighted by atomic mass is 10.0. The van der Waals surface area contributed by atoms with Gasteiger partial charge in [0.15, 0.2) is 5.78 Å². The highest BCUT2D eigenvalue weighted by atomic mass is 32.1. The van der Waals surface area contributed by atoms with Crippen molar-refractivity contribution in [2.24, 2.45) is 11.7 Å². The normalized spacial score (nSPS) is 12.8. The zero-order chi connectivity index (χ0) is 26.3. The Morgan fingerprint density at radius 3 is 2.54 bits per heavy atom. The van der Waals surface area contributed by atoms with E-state index in [9.17, 15) is 14.4 Å². The standard InChI is InChI=1S/C24H23N9O3S/c1-14(34)31(25)20-9-15(7-8-29-20)22-23(32(26)16-5-3-2-4-6-16)21-17(33(22)27)11-30(12-18(21)35)24(36)19-10-28-13-37-19/h2-10,13H,11-12,25-27H2,1H3. The zero-order valence-electron chi connectivity index (χ0n) is 19.7. The van der Waals surface area contributed by atoms with Gasteiger partial charge in [0.1, 0.15) is 10.7 Å². The number of anilines is 3. The van der Waals surface area contributed by atoms with Crippen LogP contribution >= 0.6 is 11.3 Å². The van der Waals surface area contributed by atoms with Crippen molar-refractivity contribution in [1.29, 1.82) is 0 Å². The molecule has 0 aliphatic carbocycles. The summed E-state index contributed by atoms with van der Waals surface area (Å²) in [6.07, 6.45) is 2.95. The van der Waals surface area contributed by atoms with Crippen molar-refractivity contribution in [2.75, 3.05) is 22.4 Å². The van der Waals surface area contributed by atoms with Gasteiger partial charge in [-0.1, -0.05) is 18.2 Å². The van der Waals surface area contributed by atoms with Crippen LogP contribution in [0.15, 0.2) is 60.4 Å². The molecule has 13 heteroatoms. The topological polar surface area (TPSA) is 170 Å². The fourth-order valence-electron chi connectivity index (χ4n) is 4.27. The number of aromatic nitrogens is 3. The van der Waals surface area contributed by atoms with Crippen LogP contribution in [0, 0.1) is 0 Å². The first kappa shape index (κ1) is 24.1. The van der Waals surface area contributed by atoms with Gasteiger partial charge in [0.05, 0.1) is 53.1 Å². The number of ketones is 1. The molecule has 4 heterocycles. The third-order valence-corrected chi connectivity index (χ3v) is 6.81. The quantitative estimate of drug-likeness (QED) is 0.203. The molecule has 0 spiro atoms. The molecule has 1 aliphatic rings. The predicted molar refractivity (Wildman–Crippen MR) is 139 cm³/mol. The van der Waals surface area contributed by atoms with Gasteiger partial charge in [-0.05, 0) is 24.3 Å². The Bertz CT molecular complexity index is 1500. The van der Waals surface area contributed by atoms with Crippen LogP contribution in [-0.2, 0) is 11.3 Å². The number of Topliss-reactive ketones (excluding diaryl/α,β-unsaturated/α-hetero) is 1. The molecule has 188 valence electrons. The number of fused-ring (bicyclic) bond motifs is 1. The van der Waals surface area contributed by atoms with Crippen LogP contribution in [0.5, 0.6) is 0 Å². The minimum absolute atomic E-state index is 0.0817. The smallest absolute Gasteiger partial charge is 0.266 e. The van der Waals surface area contributed by atoms with E-state index >= 15 is 0 Å². The lowest BCUT2D eigenvalue weighted by Crippen LogP contribution is -2.41. The number of rotatable bonds is 5. The second-order valence-electron chi connectivity index (χ2n) is 8.34. The van der Waals surface area contributed by atoms with Crippen LogP contribution in [0.2, 0.25) is 0 Å². The van der Waals surface area contributed by atoms with Crippen molar-refractivity contribution in [3.05, 3.63) is 76.5 Å². The molecule has 37 heavy (non-hydrogen) atoms. The van der Waals surface area contributed by atoms with Gasteiger partial charge in [-0.2, -0.15) is 0 Å². The molecule has 0 saturated heterocycles. The van der Waals surface area contributed by atoms with E-state index in [1.165, 1.54) is 45.2 Å². The first-order valence-electron chi connectivity index (χ1n) is 11.1. The number of thiazole rings is 1. The Morgan fingerprint density at radius 1 is 1.11 bits per heavy atom. The molecule has 1 aliphatic heterocycles. The molecule has 2 amide bonds. The van der Waals surface area contributed by atoms with E-state index in [1.54, 1.807) is 29.8 Å². The third-order valence-electron chi connectivity index (χ3n) is 6.05. The first-order valence-corrected chi connectivity index (χ1v) is 12.0. The van der Waals surface area contributed by atoms with Crippen molar-refractivity contribution in [3.8, 4) is 11.3 Å². The minimum Gasteiger partial charge on any atom is -0.339 e. The second-order valence-corrected chi connectivity index (χ2v) is 9.22. The van der Waals surface area contributed by atoms with Crippen LogP contribution < -0.4 is 27.5 Å². The van der Waals surface area contributed by atoms with E-state index in [1.807, 2.05) is 18.2 Å². The van der Waals surface area contributed by atoms with Gasteiger partial charge in [-0.15, -0.1) is 11.3 Å². The van der Waals surface area contributed by atoms with Crippen LogP contribution in [0.25, 0.3) is 11.3 Å².